The standard InChI is InChI=1S/CH2O3.CH2O.Li.H/c2-1(3)4;1-2;;/h(H2,2,3,4);1H2;;. The van der Waals surface area contributed by atoms with Crippen molar-refractivity contribution >= 4 is 31.8 Å². The van der Waals surface area contributed by atoms with Gasteiger partial charge < -0.3 is 15.0 Å². The first-order valence-electron chi connectivity index (χ1n) is 0.940. The summed E-state index contributed by atoms with van der Waals surface area (Å²) in [5, 5.41) is 13.9. The molecule has 0 atom stereocenters. The Morgan fingerprint density at radius 3 is 1.29 bits per heavy atom. The summed E-state index contributed by atoms with van der Waals surface area (Å²) >= 11 is 0. The van der Waals surface area contributed by atoms with E-state index < -0.39 is 6.16 Å². The SMILES string of the molecule is C=O.O=C(O)O.[LiH]. The number of hydrogen-bond donors (Lipinski definition) is 2. The predicted molar refractivity (Wildman–Crippen MR) is 24.9 cm³/mol. The minimum atomic E-state index is -1.83. The van der Waals surface area contributed by atoms with Gasteiger partial charge in [-0.2, -0.15) is 0 Å². The van der Waals surface area contributed by atoms with Crippen LogP contribution in [-0.2, 0) is 4.79 Å². The zero-order valence-electron chi connectivity index (χ0n) is 2.92. The van der Waals surface area contributed by atoms with Gasteiger partial charge in [0.15, 0.2) is 0 Å². The summed E-state index contributed by atoms with van der Waals surface area (Å²) in [6, 6.07) is 0. The van der Waals surface area contributed by atoms with Crippen LogP contribution in [0, 0.1) is 0 Å². The van der Waals surface area contributed by atoms with Crippen molar-refractivity contribution in [2.24, 2.45) is 0 Å². The first-order valence-corrected chi connectivity index (χ1v) is 0.940. The van der Waals surface area contributed by atoms with Crippen molar-refractivity contribution in [1.29, 1.82) is 0 Å². The molecule has 0 unspecified atom stereocenters. The van der Waals surface area contributed by atoms with Crippen molar-refractivity contribution in [3.05, 3.63) is 0 Å². The van der Waals surface area contributed by atoms with Crippen LogP contribution in [0.4, 0.5) is 4.79 Å². The number of carbonyl (C=O) groups is 2. The van der Waals surface area contributed by atoms with Crippen molar-refractivity contribution in [3.8, 4) is 0 Å². The van der Waals surface area contributed by atoms with Crippen molar-refractivity contribution in [1.82, 2.24) is 0 Å². The molecule has 2 N–H and O–H groups in total. The monoisotopic (exact) mass is 100 g/mol. The van der Waals surface area contributed by atoms with Gasteiger partial charge in [0.1, 0.15) is 6.79 Å². The normalized spacial score (nSPS) is 4.00. The molecular formula is C2H5LiO4. The fourth-order valence-electron chi connectivity index (χ4n) is 0. The van der Waals surface area contributed by atoms with E-state index in [-0.39, 0.29) is 18.9 Å². The van der Waals surface area contributed by atoms with Gasteiger partial charge in [-0.1, -0.05) is 0 Å². The van der Waals surface area contributed by atoms with E-state index in [0.717, 1.165) is 0 Å². The van der Waals surface area contributed by atoms with Gasteiger partial charge in [0.05, 0.1) is 0 Å². The molecule has 0 radical (unpaired) electrons. The summed E-state index contributed by atoms with van der Waals surface area (Å²) in [4.78, 5) is 16.6. The number of rotatable bonds is 0. The van der Waals surface area contributed by atoms with Crippen LogP contribution in [0.15, 0.2) is 0 Å². The maximum absolute atomic E-state index is 8.56. The molecule has 0 spiro atoms. The Bertz CT molecular complexity index is 41.0. The predicted octanol–water partition coefficient (Wildman–Crippen LogP) is -0.611. The summed E-state index contributed by atoms with van der Waals surface area (Å²) in [6.45, 7) is 2.00. The van der Waals surface area contributed by atoms with Crippen molar-refractivity contribution < 1.29 is 19.8 Å². The molecule has 0 aromatic carbocycles. The van der Waals surface area contributed by atoms with E-state index in [1.54, 1.807) is 0 Å². The van der Waals surface area contributed by atoms with E-state index in [1.807, 2.05) is 6.79 Å². The molecule has 5 heteroatoms. The molecule has 0 rings (SSSR count). The summed E-state index contributed by atoms with van der Waals surface area (Å²) < 4.78 is 0. The van der Waals surface area contributed by atoms with Crippen LogP contribution in [0.3, 0.4) is 0 Å². The van der Waals surface area contributed by atoms with Gasteiger partial charge >= 0.3 is 25.0 Å². The first kappa shape index (κ1) is 16.0. The van der Waals surface area contributed by atoms with Gasteiger partial charge in [0.2, 0.25) is 0 Å². The molecule has 0 saturated carbocycles. The second-order valence-corrected chi connectivity index (χ2v) is 0.283. The van der Waals surface area contributed by atoms with Crippen LogP contribution >= 0.6 is 0 Å². The Kier molecular flexibility index (Phi) is 40.5. The van der Waals surface area contributed by atoms with Crippen LogP contribution < -0.4 is 0 Å². The summed E-state index contributed by atoms with van der Waals surface area (Å²) in [5.41, 5.74) is 0. The Hall–Kier alpha value is -0.463. The van der Waals surface area contributed by atoms with Gasteiger partial charge in [-0.25, -0.2) is 4.79 Å². The van der Waals surface area contributed by atoms with E-state index >= 15 is 0 Å². The first-order chi connectivity index (χ1) is 2.73. The molecule has 7 heavy (non-hydrogen) atoms. The van der Waals surface area contributed by atoms with Gasteiger partial charge in [-0.05, 0) is 0 Å². The van der Waals surface area contributed by atoms with Crippen molar-refractivity contribution in [3.63, 3.8) is 0 Å². The van der Waals surface area contributed by atoms with Crippen LogP contribution in [0.5, 0.6) is 0 Å². The van der Waals surface area contributed by atoms with Crippen molar-refractivity contribution in [2.45, 2.75) is 0 Å². The van der Waals surface area contributed by atoms with Crippen molar-refractivity contribution in [2.75, 3.05) is 0 Å². The molecule has 4 nitrogen and oxygen atoms in total. The molecule has 0 bridgehead atoms. The van der Waals surface area contributed by atoms with Crippen LogP contribution in [0.2, 0.25) is 0 Å². The molecule has 0 heterocycles. The Balaban J connectivity index is -0.0000000480. The summed E-state index contributed by atoms with van der Waals surface area (Å²) in [7, 11) is 0. The van der Waals surface area contributed by atoms with E-state index in [0.29, 0.717) is 0 Å². The minimum absolute atomic E-state index is 0. The zero-order chi connectivity index (χ0) is 5.58. The number of carbonyl (C=O) groups excluding carboxylic acids is 1. The number of carboxylic acid groups (broad SMARTS) is 2. The third kappa shape index (κ3) is 324. The van der Waals surface area contributed by atoms with Gasteiger partial charge in [0.25, 0.3) is 0 Å². The fraction of sp³-hybridized carbons (Fsp3) is 0. The molecule has 0 aliphatic rings. The Morgan fingerprint density at radius 1 is 1.29 bits per heavy atom. The topological polar surface area (TPSA) is 74.6 Å². The molecule has 0 aliphatic carbocycles. The zero-order valence-corrected chi connectivity index (χ0v) is 2.92. The molecule has 0 aromatic heterocycles. The third-order valence-corrected chi connectivity index (χ3v) is 0. The molecule has 0 fully saturated rings. The van der Waals surface area contributed by atoms with E-state index in [1.165, 1.54) is 0 Å². The molecule has 0 amide bonds. The second kappa shape index (κ2) is 17.7. The summed E-state index contributed by atoms with van der Waals surface area (Å²) in [6.07, 6.45) is -1.83. The quantitative estimate of drug-likeness (QED) is 0.398. The van der Waals surface area contributed by atoms with E-state index in [4.69, 9.17) is 19.8 Å². The third-order valence-electron chi connectivity index (χ3n) is 0. The fourth-order valence-corrected chi connectivity index (χ4v) is 0. The molecule has 0 saturated heterocycles. The van der Waals surface area contributed by atoms with E-state index in [2.05, 4.69) is 0 Å². The van der Waals surface area contributed by atoms with Crippen LogP contribution in [0.1, 0.15) is 0 Å². The second-order valence-electron chi connectivity index (χ2n) is 0.283. The maximum atomic E-state index is 8.56. The molecular weight excluding hydrogens is 95.0 g/mol. The van der Waals surface area contributed by atoms with Gasteiger partial charge in [-0.15, -0.1) is 0 Å². The Morgan fingerprint density at radius 2 is 1.29 bits per heavy atom. The number of hydrogen-bond acceptors (Lipinski definition) is 2. The Labute approximate surface area is 52.3 Å². The molecule has 0 aromatic rings. The van der Waals surface area contributed by atoms with Gasteiger partial charge in [0, 0.05) is 0 Å². The van der Waals surface area contributed by atoms with E-state index in [9.17, 15) is 0 Å². The molecule has 38 valence electrons. The van der Waals surface area contributed by atoms with Crippen LogP contribution in [0.25, 0.3) is 0 Å². The van der Waals surface area contributed by atoms with Crippen LogP contribution in [-0.4, -0.2) is 42.0 Å². The molecule has 0 aliphatic heterocycles. The average Bonchev–Trinajstić information content (AvgIpc) is 1.41. The summed E-state index contributed by atoms with van der Waals surface area (Å²) in [5.74, 6) is 0. The van der Waals surface area contributed by atoms with Gasteiger partial charge in [-0.3, -0.25) is 0 Å². The average molecular weight is 100.0 g/mol.